The van der Waals surface area contributed by atoms with Crippen molar-refractivity contribution in [3.63, 3.8) is 0 Å². The second-order valence-corrected chi connectivity index (χ2v) is 8.04. The monoisotopic (exact) mass is 467 g/mol. The highest BCUT2D eigenvalue weighted by molar-refractivity contribution is 6.49. The zero-order chi connectivity index (χ0) is 22.8. The molecule has 0 bridgehead atoms. The van der Waals surface area contributed by atoms with Crippen LogP contribution in [-0.4, -0.2) is 28.8 Å². The maximum atomic E-state index is 13.5. The van der Waals surface area contributed by atoms with E-state index >= 15 is 0 Å². The smallest absolute Gasteiger partial charge is 0.299 e. The number of amides is 1. The van der Waals surface area contributed by atoms with Crippen molar-refractivity contribution in [2.24, 2.45) is 0 Å². The molecule has 0 saturated heterocycles. The van der Waals surface area contributed by atoms with Crippen molar-refractivity contribution in [2.75, 3.05) is 12.0 Å². The fourth-order valence-corrected chi connectivity index (χ4v) is 3.86. The number of pyridine rings is 1. The maximum Gasteiger partial charge on any atom is 0.299 e. The number of ether oxygens (including phenoxy) is 1. The molecular weight excluding hydrogens is 449 g/mol. The van der Waals surface area contributed by atoms with Gasteiger partial charge in [-0.15, -0.1) is 0 Å². The summed E-state index contributed by atoms with van der Waals surface area (Å²) >= 11 is 12.1. The Balaban J connectivity index is 1.76. The van der Waals surface area contributed by atoms with Crippen LogP contribution in [0.15, 0.2) is 60.8 Å². The van der Waals surface area contributed by atoms with Crippen LogP contribution < -0.4 is 9.64 Å². The summed E-state index contributed by atoms with van der Waals surface area (Å²) in [6.07, 6.45) is 1.49. The van der Waals surface area contributed by atoms with Crippen LogP contribution in [0, 0.1) is 6.92 Å². The van der Waals surface area contributed by atoms with E-state index in [1.165, 1.54) is 11.1 Å². The topological polar surface area (TPSA) is 75.3 Å². The lowest BCUT2D eigenvalue weighted by atomic mass is 10.0. The van der Waals surface area contributed by atoms with Gasteiger partial charge in [0, 0.05) is 33.5 Å². The lowest BCUT2D eigenvalue weighted by Gasteiger charge is -2.22. The fourth-order valence-electron chi connectivity index (χ4n) is 3.57. The van der Waals surface area contributed by atoms with Crippen molar-refractivity contribution in [2.45, 2.75) is 13.5 Å². The third-order valence-corrected chi connectivity index (χ3v) is 5.59. The van der Waals surface area contributed by atoms with E-state index in [0.29, 0.717) is 33.1 Å². The molecule has 1 amide bonds. The summed E-state index contributed by atoms with van der Waals surface area (Å²) in [7, 11) is 1.55. The normalized spacial score (nSPS) is 10.9. The molecule has 4 aromatic rings. The van der Waals surface area contributed by atoms with Crippen molar-refractivity contribution in [3.8, 4) is 5.75 Å². The second-order valence-electron chi connectivity index (χ2n) is 7.22. The first-order chi connectivity index (χ1) is 15.4. The Morgan fingerprint density at radius 2 is 1.81 bits per heavy atom. The van der Waals surface area contributed by atoms with Crippen molar-refractivity contribution in [1.82, 2.24) is 9.97 Å². The van der Waals surface area contributed by atoms with Gasteiger partial charge in [0.15, 0.2) is 0 Å². The lowest BCUT2D eigenvalue weighted by molar-refractivity contribution is -0.114. The largest absolute Gasteiger partial charge is 0.497 e. The van der Waals surface area contributed by atoms with E-state index in [0.717, 1.165) is 11.1 Å². The molecule has 0 aliphatic carbocycles. The summed E-state index contributed by atoms with van der Waals surface area (Å²) in [4.78, 5) is 35.5. The number of H-pyrrole nitrogens is 1. The Morgan fingerprint density at radius 3 is 2.50 bits per heavy atom. The highest BCUT2D eigenvalue weighted by Crippen LogP contribution is 2.29. The molecule has 0 unspecified atom stereocenters. The Labute approximate surface area is 194 Å². The number of nitrogens with one attached hydrogen (secondary N) is 1. The predicted molar refractivity (Wildman–Crippen MR) is 126 cm³/mol. The molecule has 0 saturated carbocycles. The Hall–Kier alpha value is -3.35. The van der Waals surface area contributed by atoms with Gasteiger partial charge in [-0.05, 0) is 55.0 Å². The molecule has 8 heteroatoms. The second kappa shape index (κ2) is 9.02. The molecule has 0 aliphatic rings. The van der Waals surface area contributed by atoms with Gasteiger partial charge >= 0.3 is 0 Å². The molecule has 162 valence electrons. The van der Waals surface area contributed by atoms with Gasteiger partial charge in [0.2, 0.25) is 0 Å². The van der Waals surface area contributed by atoms with Crippen LogP contribution in [0.2, 0.25) is 10.2 Å². The SMILES string of the molecule is COc1ccc2[nH]c(C)c(C(=O)C(=O)N(Cc3ccc(Cl)cc3)c3ccnc(Cl)c3)c2c1. The predicted octanol–water partition coefficient (Wildman–Crippen LogP) is 5.60. The van der Waals surface area contributed by atoms with E-state index < -0.39 is 11.7 Å². The van der Waals surface area contributed by atoms with Crippen LogP contribution in [0.1, 0.15) is 21.6 Å². The number of rotatable bonds is 6. The summed E-state index contributed by atoms with van der Waals surface area (Å²) in [6.45, 7) is 1.92. The van der Waals surface area contributed by atoms with Crippen molar-refractivity contribution in [3.05, 3.63) is 87.8 Å². The van der Waals surface area contributed by atoms with Gasteiger partial charge in [0.1, 0.15) is 10.9 Å². The zero-order valence-electron chi connectivity index (χ0n) is 17.4. The van der Waals surface area contributed by atoms with Gasteiger partial charge in [0.25, 0.3) is 11.7 Å². The van der Waals surface area contributed by atoms with Crippen molar-refractivity contribution < 1.29 is 14.3 Å². The molecule has 4 rings (SSSR count). The number of Topliss-reactive ketones (excluding diaryl/α,β-unsaturated/α-hetero) is 1. The van der Waals surface area contributed by atoms with Crippen LogP contribution in [0.3, 0.4) is 0 Å². The number of aryl methyl sites for hydroxylation is 1. The molecule has 2 aromatic carbocycles. The minimum Gasteiger partial charge on any atom is -0.497 e. The number of hydrogen-bond donors (Lipinski definition) is 1. The first kappa shape index (κ1) is 21.9. The number of aromatic nitrogens is 2. The van der Waals surface area contributed by atoms with Crippen molar-refractivity contribution >= 4 is 51.5 Å². The molecule has 32 heavy (non-hydrogen) atoms. The first-order valence-corrected chi connectivity index (χ1v) is 10.5. The van der Waals surface area contributed by atoms with Gasteiger partial charge in [0.05, 0.1) is 19.2 Å². The van der Waals surface area contributed by atoms with Crippen LogP contribution in [0.5, 0.6) is 5.75 Å². The molecule has 0 spiro atoms. The lowest BCUT2D eigenvalue weighted by Crippen LogP contribution is -2.36. The molecule has 2 heterocycles. The highest BCUT2D eigenvalue weighted by Gasteiger charge is 2.29. The van der Waals surface area contributed by atoms with E-state index in [-0.39, 0.29) is 11.7 Å². The van der Waals surface area contributed by atoms with Gasteiger partial charge in [-0.2, -0.15) is 0 Å². The molecule has 0 radical (unpaired) electrons. The molecule has 0 aliphatic heterocycles. The van der Waals surface area contributed by atoms with Crippen LogP contribution >= 0.6 is 23.2 Å². The number of anilines is 1. The minimum absolute atomic E-state index is 0.160. The van der Waals surface area contributed by atoms with E-state index in [4.69, 9.17) is 27.9 Å². The Bertz CT molecular complexity index is 1320. The number of carbonyl (C=O) groups excluding carboxylic acids is 2. The van der Waals surface area contributed by atoms with E-state index in [1.807, 2.05) is 6.07 Å². The third kappa shape index (κ3) is 4.33. The van der Waals surface area contributed by atoms with Crippen molar-refractivity contribution in [1.29, 1.82) is 0 Å². The van der Waals surface area contributed by atoms with Gasteiger partial charge in [-0.25, -0.2) is 4.98 Å². The number of fused-ring (bicyclic) bond motifs is 1. The van der Waals surface area contributed by atoms with Gasteiger partial charge < -0.3 is 14.6 Å². The number of carbonyl (C=O) groups is 2. The third-order valence-electron chi connectivity index (χ3n) is 5.14. The summed E-state index contributed by atoms with van der Waals surface area (Å²) in [5.41, 5.74) is 2.93. The van der Waals surface area contributed by atoms with Gasteiger partial charge in [-0.1, -0.05) is 35.3 Å². The summed E-state index contributed by atoms with van der Waals surface area (Å²) in [5, 5.41) is 1.43. The fraction of sp³-hybridized carbons (Fsp3) is 0.125. The number of benzene rings is 2. The maximum absolute atomic E-state index is 13.5. The Kier molecular flexibility index (Phi) is 6.17. The van der Waals surface area contributed by atoms with Gasteiger partial charge in [-0.3, -0.25) is 9.59 Å². The molecular formula is C24H19Cl2N3O3. The number of ketones is 1. The molecule has 6 nitrogen and oxygen atoms in total. The number of methoxy groups -OCH3 is 1. The summed E-state index contributed by atoms with van der Waals surface area (Å²) in [5.74, 6) is -0.727. The molecule has 0 fully saturated rings. The van der Waals surface area contributed by atoms with Crippen LogP contribution in [-0.2, 0) is 11.3 Å². The first-order valence-electron chi connectivity index (χ1n) is 9.76. The number of nitrogens with zero attached hydrogens (tertiary/aromatic N) is 2. The van der Waals surface area contributed by atoms with E-state index in [2.05, 4.69) is 9.97 Å². The Morgan fingerprint density at radius 1 is 1.06 bits per heavy atom. The highest BCUT2D eigenvalue weighted by atomic mass is 35.5. The standard InChI is InChI=1S/C24H19Cl2N3O3/c1-14-22(19-12-18(32-2)7-8-20(19)28-14)23(30)24(31)29(17-9-10-27-21(26)11-17)13-15-3-5-16(25)6-4-15/h3-12,28H,13H2,1-2H3. The summed E-state index contributed by atoms with van der Waals surface area (Å²) < 4.78 is 5.29. The average molecular weight is 468 g/mol. The molecule has 2 aromatic heterocycles. The minimum atomic E-state index is -0.686. The van der Waals surface area contributed by atoms with Crippen LogP contribution in [0.25, 0.3) is 10.9 Å². The zero-order valence-corrected chi connectivity index (χ0v) is 18.9. The number of aromatic amines is 1. The summed E-state index contributed by atoms with van der Waals surface area (Å²) in [6, 6.07) is 15.6. The molecule has 1 N–H and O–H groups in total. The quantitative estimate of drug-likeness (QED) is 0.227. The average Bonchev–Trinajstić information content (AvgIpc) is 3.12. The van der Waals surface area contributed by atoms with E-state index in [9.17, 15) is 9.59 Å². The van der Waals surface area contributed by atoms with E-state index in [1.54, 1.807) is 62.6 Å². The number of hydrogen-bond acceptors (Lipinski definition) is 4. The number of halogens is 2. The van der Waals surface area contributed by atoms with Crippen LogP contribution in [0.4, 0.5) is 5.69 Å². The molecule has 0 atom stereocenters.